The van der Waals surface area contributed by atoms with Gasteiger partial charge in [-0.2, -0.15) is 0 Å². The van der Waals surface area contributed by atoms with Gasteiger partial charge in [0.15, 0.2) is 0 Å². The lowest BCUT2D eigenvalue weighted by Gasteiger charge is -2.37. The molecule has 0 aromatic carbocycles. The Morgan fingerprint density at radius 2 is 2.33 bits per heavy atom. The standard InChI is InChI=1S/C9H18N2O/c12-9(3-1-4-9)7-11-8-2-5-10-6-8/h8,10-12H,1-7H2. The molecule has 3 heteroatoms. The summed E-state index contributed by atoms with van der Waals surface area (Å²) in [6.07, 6.45) is 4.37. The highest BCUT2D eigenvalue weighted by atomic mass is 16.3. The largest absolute Gasteiger partial charge is 0.389 e. The van der Waals surface area contributed by atoms with Gasteiger partial charge in [0.05, 0.1) is 5.60 Å². The van der Waals surface area contributed by atoms with Gasteiger partial charge >= 0.3 is 0 Å². The Bertz CT molecular complexity index is 151. The second-order valence-corrected chi connectivity index (χ2v) is 4.15. The Morgan fingerprint density at radius 3 is 2.83 bits per heavy atom. The molecule has 12 heavy (non-hydrogen) atoms. The molecule has 0 bridgehead atoms. The van der Waals surface area contributed by atoms with Gasteiger partial charge in [-0.15, -0.1) is 0 Å². The first-order valence-electron chi connectivity index (χ1n) is 4.95. The SMILES string of the molecule is OC1(CNC2CCNC2)CCC1. The van der Waals surface area contributed by atoms with Crippen LogP contribution in [-0.2, 0) is 0 Å². The van der Waals surface area contributed by atoms with E-state index in [9.17, 15) is 5.11 Å². The number of hydrogen-bond donors (Lipinski definition) is 3. The third-order valence-corrected chi connectivity index (χ3v) is 3.06. The minimum atomic E-state index is -0.359. The summed E-state index contributed by atoms with van der Waals surface area (Å²) in [5.41, 5.74) is -0.359. The molecule has 3 N–H and O–H groups in total. The molecule has 0 radical (unpaired) electrons. The van der Waals surface area contributed by atoms with Crippen LogP contribution in [0.15, 0.2) is 0 Å². The highest BCUT2D eigenvalue weighted by Gasteiger charge is 2.34. The van der Waals surface area contributed by atoms with Gasteiger partial charge in [-0.25, -0.2) is 0 Å². The summed E-state index contributed by atoms with van der Waals surface area (Å²) in [6, 6.07) is 0.592. The number of aliphatic hydroxyl groups is 1. The summed E-state index contributed by atoms with van der Waals surface area (Å²) in [5, 5.41) is 16.5. The predicted octanol–water partition coefficient (Wildman–Crippen LogP) is -0.147. The van der Waals surface area contributed by atoms with E-state index in [-0.39, 0.29) is 5.60 Å². The summed E-state index contributed by atoms with van der Waals surface area (Å²) < 4.78 is 0. The molecule has 0 aromatic rings. The van der Waals surface area contributed by atoms with Gasteiger partial charge in [0.2, 0.25) is 0 Å². The van der Waals surface area contributed by atoms with Crippen molar-refractivity contribution in [2.75, 3.05) is 19.6 Å². The fraction of sp³-hybridized carbons (Fsp3) is 1.00. The molecule has 2 rings (SSSR count). The van der Waals surface area contributed by atoms with E-state index >= 15 is 0 Å². The second kappa shape index (κ2) is 3.32. The molecular weight excluding hydrogens is 152 g/mol. The number of hydrogen-bond acceptors (Lipinski definition) is 3. The molecule has 0 amide bonds. The van der Waals surface area contributed by atoms with Gasteiger partial charge in [0.25, 0.3) is 0 Å². The molecule has 1 aliphatic heterocycles. The van der Waals surface area contributed by atoms with E-state index in [0.29, 0.717) is 6.04 Å². The van der Waals surface area contributed by atoms with E-state index in [2.05, 4.69) is 10.6 Å². The van der Waals surface area contributed by atoms with Crippen LogP contribution in [0.4, 0.5) is 0 Å². The van der Waals surface area contributed by atoms with E-state index in [1.807, 2.05) is 0 Å². The Kier molecular flexibility index (Phi) is 2.35. The molecule has 3 nitrogen and oxygen atoms in total. The van der Waals surface area contributed by atoms with Crippen LogP contribution in [0.25, 0.3) is 0 Å². The van der Waals surface area contributed by atoms with Crippen LogP contribution in [0.3, 0.4) is 0 Å². The Labute approximate surface area is 73.5 Å². The zero-order chi connectivity index (χ0) is 8.44. The zero-order valence-electron chi connectivity index (χ0n) is 7.47. The first-order chi connectivity index (χ1) is 5.79. The van der Waals surface area contributed by atoms with E-state index in [1.54, 1.807) is 0 Å². The Morgan fingerprint density at radius 1 is 1.50 bits per heavy atom. The lowest BCUT2D eigenvalue weighted by atomic mass is 9.80. The Hall–Kier alpha value is -0.120. The molecule has 0 aromatic heterocycles. The van der Waals surface area contributed by atoms with Crippen molar-refractivity contribution in [3.63, 3.8) is 0 Å². The van der Waals surface area contributed by atoms with E-state index in [4.69, 9.17) is 0 Å². The normalized spacial score (nSPS) is 33.2. The average molecular weight is 170 g/mol. The fourth-order valence-electron chi connectivity index (χ4n) is 1.92. The highest BCUT2D eigenvalue weighted by Crippen LogP contribution is 2.30. The highest BCUT2D eigenvalue weighted by molar-refractivity contribution is 4.91. The molecule has 2 fully saturated rings. The van der Waals surface area contributed by atoms with Crippen molar-refractivity contribution in [3.8, 4) is 0 Å². The first-order valence-corrected chi connectivity index (χ1v) is 4.95. The molecule has 2 aliphatic rings. The number of rotatable bonds is 3. The molecule has 1 unspecified atom stereocenters. The first kappa shape index (κ1) is 8.48. The van der Waals surface area contributed by atoms with Crippen LogP contribution in [0, 0.1) is 0 Å². The lowest BCUT2D eigenvalue weighted by Crippen LogP contribution is -2.49. The molecule has 70 valence electrons. The molecule has 1 atom stereocenters. The lowest BCUT2D eigenvalue weighted by molar-refractivity contribution is -0.0328. The molecule has 1 saturated carbocycles. The third-order valence-electron chi connectivity index (χ3n) is 3.06. The van der Waals surface area contributed by atoms with E-state index in [1.165, 1.54) is 12.8 Å². The summed E-state index contributed by atoms with van der Waals surface area (Å²) in [4.78, 5) is 0. The van der Waals surface area contributed by atoms with Crippen molar-refractivity contribution in [2.24, 2.45) is 0 Å². The van der Waals surface area contributed by atoms with Crippen LogP contribution in [0.5, 0.6) is 0 Å². The summed E-state index contributed by atoms with van der Waals surface area (Å²) in [7, 11) is 0. The summed E-state index contributed by atoms with van der Waals surface area (Å²) in [5.74, 6) is 0. The minimum absolute atomic E-state index is 0.359. The van der Waals surface area contributed by atoms with Crippen molar-refractivity contribution < 1.29 is 5.11 Å². The topological polar surface area (TPSA) is 44.3 Å². The smallest absolute Gasteiger partial charge is 0.0771 e. The number of nitrogens with one attached hydrogen (secondary N) is 2. The van der Waals surface area contributed by atoms with Crippen LogP contribution < -0.4 is 10.6 Å². The van der Waals surface area contributed by atoms with Crippen LogP contribution >= 0.6 is 0 Å². The molecule has 0 spiro atoms. The molecule has 1 saturated heterocycles. The van der Waals surface area contributed by atoms with Crippen molar-refractivity contribution >= 4 is 0 Å². The minimum Gasteiger partial charge on any atom is -0.389 e. The average Bonchev–Trinajstić information content (AvgIpc) is 2.49. The van der Waals surface area contributed by atoms with Crippen molar-refractivity contribution in [3.05, 3.63) is 0 Å². The van der Waals surface area contributed by atoms with Crippen molar-refractivity contribution in [1.82, 2.24) is 10.6 Å². The Balaban J connectivity index is 1.67. The fourth-order valence-corrected chi connectivity index (χ4v) is 1.92. The van der Waals surface area contributed by atoms with E-state index in [0.717, 1.165) is 32.5 Å². The van der Waals surface area contributed by atoms with E-state index < -0.39 is 0 Å². The summed E-state index contributed by atoms with van der Waals surface area (Å²) in [6.45, 7) is 2.98. The van der Waals surface area contributed by atoms with Crippen LogP contribution in [-0.4, -0.2) is 36.4 Å². The maximum Gasteiger partial charge on any atom is 0.0771 e. The zero-order valence-corrected chi connectivity index (χ0v) is 7.47. The van der Waals surface area contributed by atoms with Gasteiger partial charge in [-0.05, 0) is 32.2 Å². The van der Waals surface area contributed by atoms with Gasteiger partial charge in [-0.3, -0.25) is 0 Å². The predicted molar refractivity (Wildman–Crippen MR) is 48.1 cm³/mol. The summed E-state index contributed by atoms with van der Waals surface area (Å²) >= 11 is 0. The van der Waals surface area contributed by atoms with Crippen molar-refractivity contribution in [2.45, 2.75) is 37.3 Å². The maximum atomic E-state index is 9.79. The third kappa shape index (κ3) is 1.79. The second-order valence-electron chi connectivity index (χ2n) is 4.15. The monoisotopic (exact) mass is 170 g/mol. The van der Waals surface area contributed by atoms with Crippen LogP contribution in [0.1, 0.15) is 25.7 Å². The molecular formula is C9H18N2O. The van der Waals surface area contributed by atoms with Gasteiger partial charge in [0, 0.05) is 19.1 Å². The van der Waals surface area contributed by atoms with Crippen molar-refractivity contribution in [1.29, 1.82) is 0 Å². The quantitative estimate of drug-likeness (QED) is 0.552. The maximum absolute atomic E-state index is 9.79. The van der Waals surface area contributed by atoms with Crippen LogP contribution in [0.2, 0.25) is 0 Å². The molecule has 1 heterocycles. The van der Waals surface area contributed by atoms with Gasteiger partial charge in [-0.1, -0.05) is 0 Å². The molecule has 1 aliphatic carbocycles. The van der Waals surface area contributed by atoms with Gasteiger partial charge < -0.3 is 15.7 Å². The van der Waals surface area contributed by atoms with Gasteiger partial charge in [0.1, 0.15) is 0 Å².